The Bertz CT molecular complexity index is 1010. The standard InChI is InChI=1S/C20H16F2N2O3/c1-12(20(26)24-18-7-6-15(21)10-16(18)22)27-19(25)9-13-8-14-4-2-3-5-17(14)23-11-13/h2-8,10-12H,9H2,1H3,(H,24,26). The summed E-state index contributed by atoms with van der Waals surface area (Å²) in [6, 6.07) is 12.1. The van der Waals surface area contributed by atoms with Crippen LogP contribution in [-0.4, -0.2) is 23.0 Å². The Morgan fingerprint density at radius 3 is 2.70 bits per heavy atom. The summed E-state index contributed by atoms with van der Waals surface area (Å²) in [6.45, 7) is 1.37. The summed E-state index contributed by atoms with van der Waals surface area (Å²) < 4.78 is 31.6. The van der Waals surface area contributed by atoms with Gasteiger partial charge in [-0.1, -0.05) is 18.2 Å². The Morgan fingerprint density at radius 1 is 1.15 bits per heavy atom. The van der Waals surface area contributed by atoms with Gasteiger partial charge in [0.15, 0.2) is 6.10 Å². The Balaban J connectivity index is 1.59. The van der Waals surface area contributed by atoms with Gasteiger partial charge in [0.05, 0.1) is 17.6 Å². The molecule has 0 fully saturated rings. The van der Waals surface area contributed by atoms with E-state index < -0.39 is 29.6 Å². The second-order valence-corrected chi connectivity index (χ2v) is 5.96. The van der Waals surface area contributed by atoms with E-state index in [0.717, 1.165) is 23.0 Å². The summed E-state index contributed by atoms with van der Waals surface area (Å²) in [4.78, 5) is 28.4. The largest absolute Gasteiger partial charge is 0.452 e. The number of aromatic nitrogens is 1. The van der Waals surface area contributed by atoms with Crippen LogP contribution in [0.4, 0.5) is 14.5 Å². The van der Waals surface area contributed by atoms with Gasteiger partial charge < -0.3 is 10.1 Å². The smallest absolute Gasteiger partial charge is 0.311 e. The van der Waals surface area contributed by atoms with Crippen LogP contribution in [0.5, 0.6) is 0 Å². The SMILES string of the molecule is CC(OC(=O)Cc1cnc2ccccc2c1)C(=O)Nc1ccc(F)cc1F. The van der Waals surface area contributed by atoms with E-state index >= 15 is 0 Å². The van der Waals surface area contributed by atoms with Crippen molar-refractivity contribution >= 4 is 28.5 Å². The molecule has 1 aromatic heterocycles. The van der Waals surface area contributed by atoms with Crippen molar-refractivity contribution in [2.75, 3.05) is 5.32 Å². The van der Waals surface area contributed by atoms with Crippen LogP contribution >= 0.6 is 0 Å². The number of hydrogen-bond acceptors (Lipinski definition) is 4. The van der Waals surface area contributed by atoms with Crippen molar-refractivity contribution in [3.8, 4) is 0 Å². The molecule has 0 aliphatic rings. The second-order valence-electron chi connectivity index (χ2n) is 5.96. The van der Waals surface area contributed by atoms with Gasteiger partial charge in [0.1, 0.15) is 11.6 Å². The lowest BCUT2D eigenvalue weighted by atomic mass is 10.1. The fourth-order valence-electron chi connectivity index (χ4n) is 2.50. The van der Waals surface area contributed by atoms with Gasteiger partial charge in [0.25, 0.3) is 5.91 Å². The molecule has 27 heavy (non-hydrogen) atoms. The Labute approximate surface area is 154 Å². The highest BCUT2D eigenvalue weighted by atomic mass is 19.1. The van der Waals surface area contributed by atoms with Gasteiger partial charge in [-0.25, -0.2) is 8.78 Å². The zero-order chi connectivity index (χ0) is 19.4. The number of carbonyl (C=O) groups excluding carboxylic acids is 2. The molecule has 0 radical (unpaired) electrons. The zero-order valence-electron chi connectivity index (χ0n) is 14.4. The van der Waals surface area contributed by atoms with E-state index in [0.29, 0.717) is 11.6 Å². The Kier molecular flexibility index (Phi) is 5.40. The van der Waals surface area contributed by atoms with Crippen LogP contribution in [-0.2, 0) is 20.7 Å². The van der Waals surface area contributed by atoms with Crippen molar-refractivity contribution in [1.29, 1.82) is 0 Å². The number of ether oxygens (including phenoxy) is 1. The van der Waals surface area contributed by atoms with Crippen molar-refractivity contribution in [1.82, 2.24) is 4.98 Å². The molecule has 2 aromatic carbocycles. The number of benzene rings is 2. The van der Waals surface area contributed by atoms with Crippen LogP contribution in [0.1, 0.15) is 12.5 Å². The number of pyridine rings is 1. The van der Waals surface area contributed by atoms with Gasteiger partial charge in [0, 0.05) is 17.6 Å². The predicted octanol–water partition coefficient (Wildman–Crippen LogP) is 3.63. The number of carbonyl (C=O) groups is 2. The first-order valence-corrected chi connectivity index (χ1v) is 8.21. The highest BCUT2D eigenvalue weighted by Gasteiger charge is 2.19. The van der Waals surface area contributed by atoms with Crippen molar-refractivity contribution in [3.63, 3.8) is 0 Å². The normalized spacial score (nSPS) is 11.8. The predicted molar refractivity (Wildman–Crippen MR) is 96.0 cm³/mol. The molecule has 0 aliphatic heterocycles. The van der Waals surface area contributed by atoms with Crippen LogP contribution in [0.25, 0.3) is 10.9 Å². The van der Waals surface area contributed by atoms with E-state index in [9.17, 15) is 18.4 Å². The second kappa shape index (κ2) is 7.90. The summed E-state index contributed by atoms with van der Waals surface area (Å²) in [5, 5.41) is 3.15. The van der Waals surface area contributed by atoms with Crippen LogP contribution in [0.3, 0.4) is 0 Å². The fourth-order valence-corrected chi connectivity index (χ4v) is 2.50. The zero-order valence-corrected chi connectivity index (χ0v) is 14.4. The molecule has 7 heteroatoms. The summed E-state index contributed by atoms with van der Waals surface area (Å²) >= 11 is 0. The maximum absolute atomic E-state index is 13.6. The van der Waals surface area contributed by atoms with Crippen molar-refractivity contribution in [2.45, 2.75) is 19.4 Å². The molecule has 0 saturated heterocycles. The van der Waals surface area contributed by atoms with Gasteiger partial charge in [-0.05, 0) is 36.8 Å². The maximum Gasteiger partial charge on any atom is 0.311 e. The summed E-state index contributed by atoms with van der Waals surface area (Å²) in [7, 11) is 0. The summed E-state index contributed by atoms with van der Waals surface area (Å²) in [6.07, 6.45) is 0.373. The number of halogens is 2. The van der Waals surface area contributed by atoms with Crippen molar-refractivity contribution < 1.29 is 23.1 Å². The number of para-hydroxylation sites is 1. The summed E-state index contributed by atoms with van der Waals surface area (Å²) in [5.41, 5.74) is 1.27. The topological polar surface area (TPSA) is 68.3 Å². The molecule has 1 atom stereocenters. The molecule has 0 saturated carbocycles. The molecule has 1 heterocycles. The minimum Gasteiger partial charge on any atom is -0.452 e. The van der Waals surface area contributed by atoms with Crippen LogP contribution < -0.4 is 5.32 Å². The van der Waals surface area contributed by atoms with E-state index in [2.05, 4.69) is 10.3 Å². The molecule has 1 unspecified atom stereocenters. The lowest BCUT2D eigenvalue weighted by molar-refractivity contribution is -0.152. The van der Waals surface area contributed by atoms with Gasteiger partial charge >= 0.3 is 5.97 Å². The third-order valence-electron chi connectivity index (χ3n) is 3.86. The molecular weight excluding hydrogens is 354 g/mol. The third-order valence-corrected chi connectivity index (χ3v) is 3.86. The molecule has 1 amide bonds. The number of fused-ring (bicyclic) bond motifs is 1. The molecule has 0 aliphatic carbocycles. The minimum atomic E-state index is -1.14. The first-order chi connectivity index (χ1) is 12.9. The van der Waals surface area contributed by atoms with Gasteiger partial charge in [-0.15, -0.1) is 0 Å². The van der Waals surface area contributed by atoms with Crippen LogP contribution in [0.2, 0.25) is 0 Å². The highest BCUT2D eigenvalue weighted by Crippen LogP contribution is 2.16. The monoisotopic (exact) mass is 370 g/mol. The van der Waals surface area contributed by atoms with E-state index in [4.69, 9.17) is 4.74 Å². The van der Waals surface area contributed by atoms with Gasteiger partial charge in [-0.2, -0.15) is 0 Å². The van der Waals surface area contributed by atoms with Gasteiger partial charge in [-0.3, -0.25) is 14.6 Å². The first-order valence-electron chi connectivity index (χ1n) is 8.21. The van der Waals surface area contributed by atoms with Crippen LogP contribution in [0, 0.1) is 11.6 Å². The molecule has 0 bridgehead atoms. The van der Waals surface area contributed by atoms with Crippen molar-refractivity contribution in [2.24, 2.45) is 0 Å². The molecule has 1 N–H and O–H groups in total. The number of hydrogen-bond donors (Lipinski definition) is 1. The van der Waals surface area contributed by atoms with E-state index in [1.165, 1.54) is 6.92 Å². The lowest BCUT2D eigenvalue weighted by Crippen LogP contribution is -2.30. The average molecular weight is 370 g/mol. The van der Waals surface area contributed by atoms with Crippen molar-refractivity contribution in [3.05, 3.63) is 71.9 Å². The maximum atomic E-state index is 13.6. The van der Waals surface area contributed by atoms with Crippen LogP contribution in [0.15, 0.2) is 54.7 Å². The number of nitrogens with zero attached hydrogens (tertiary/aromatic N) is 1. The Hall–Kier alpha value is -3.35. The molecule has 3 aromatic rings. The van der Waals surface area contributed by atoms with E-state index in [1.807, 2.05) is 30.3 Å². The number of rotatable bonds is 5. The quantitative estimate of drug-likeness (QED) is 0.697. The minimum absolute atomic E-state index is 0.0552. The number of esters is 1. The molecular formula is C20H16F2N2O3. The molecule has 0 spiro atoms. The Morgan fingerprint density at radius 2 is 1.93 bits per heavy atom. The molecule has 5 nitrogen and oxygen atoms in total. The number of anilines is 1. The first kappa shape index (κ1) is 18.4. The fraction of sp³-hybridized carbons (Fsp3) is 0.150. The van der Waals surface area contributed by atoms with Gasteiger partial charge in [0.2, 0.25) is 0 Å². The lowest BCUT2D eigenvalue weighted by Gasteiger charge is -2.14. The molecule has 138 valence electrons. The summed E-state index contributed by atoms with van der Waals surface area (Å²) in [5.74, 6) is -3.00. The third kappa shape index (κ3) is 4.63. The molecule has 3 rings (SSSR count). The average Bonchev–Trinajstić information content (AvgIpc) is 2.63. The number of nitrogens with one attached hydrogen (secondary N) is 1. The highest BCUT2D eigenvalue weighted by molar-refractivity contribution is 5.95. The van der Waals surface area contributed by atoms with E-state index in [-0.39, 0.29) is 12.1 Å². The number of amides is 1. The van der Waals surface area contributed by atoms with E-state index in [1.54, 1.807) is 6.20 Å².